The Balaban J connectivity index is 2.85. The van der Waals surface area contributed by atoms with Crippen LogP contribution >= 0.6 is 12.2 Å². The molecule has 0 saturated heterocycles. The highest BCUT2D eigenvalue weighted by Gasteiger charge is 2.34. The lowest BCUT2D eigenvalue weighted by atomic mass is 9.86. The molecule has 1 atom stereocenters. The lowest BCUT2D eigenvalue weighted by Gasteiger charge is -2.25. The monoisotopic (exact) mass is 251 g/mol. The van der Waals surface area contributed by atoms with Crippen LogP contribution in [0.2, 0.25) is 0 Å². The zero-order valence-electron chi connectivity index (χ0n) is 10.3. The molecule has 0 radical (unpaired) electrons. The van der Waals surface area contributed by atoms with Crippen LogP contribution in [0.1, 0.15) is 25.8 Å². The van der Waals surface area contributed by atoms with Crippen molar-refractivity contribution in [1.29, 1.82) is 0 Å². The molecule has 1 rings (SSSR count). The summed E-state index contributed by atoms with van der Waals surface area (Å²) in [6, 6.07) is 3.63. The highest BCUT2D eigenvalue weighted by Crippen LogP contribution is 2.23. The number of amides is 1. The van der Waals surface area contributed by atoms with Crippen LogP contribution in [0.15, 0.2) is 18.3 Å². The molecule has 3 N–H and O–H groups in total. The first-order valence-corrected chi connectivity index (χ1v) is 5.85. The summed E-state index contributed by atoms with van der Waals surface area (Å²) in [5.41, 5.74) is 5.82. The molecule has 0 aliphatic heterocycles. The third kappa shape index (κ3) is 3.00. The van der Waals surface area contributed by atoms with Crippen molar-refractivity contribution in [3.63, 3.8) is 0 Å². The number of hydrogen-bond donors (Lipinski definition) is 2. The molecule has 0 fully saturated rings. The smallest absolute Gasteiger partial charge is 0.238 e. The van der Waals surface area contributed by atoms with Crippen LogP contribution in [-0.4, -0.2) is 15.9 Å². The fourth-order valence-electron chi connectivity index (χ4n) is 1.24. The van der Waals surface area contributed by atoms with Gasteiger partial charge >= 0.3 is 0 Å². The minimum Gasteiger partial charge on any atom is -0.392 e. The molecular formula is C12H17N3OS. The second kappa shape index (κ2) is 5.23. The zero-order valence-corrected chi connectivity index (χ0v) is 11.1. The molecule has 0 bridgehead atoms. The van der Waals surface area contributed by atoms with Gasteiger partial charge in [-0.25, -0.2) is 4.98 Å². The van der Waals surface area contributed by atoms with E-state index in [2.05, 4.69) is 10.3 Å². The van der Waals surface area contributed by atoms with Gasteiger partial charge in [-0.05, 0) is 31.9 Å². The number of nitrogens with two attached hydrogens (primary N) is 1. The van der Waals surface area contributed by atoms with Gasteiger partial charge in [-0.2, -0.15) is 0 Å². The Morgan fingerprint density at radius 3 is 2.65 bits per heavy atom. The first kappa shape index (κ1) is 13.6. The van der Waals surface area contributed by atoms with Crippen molar-refractivity contribution in [2.24, 2.45) is 11.1 Å². The maximum atomic E-state index is 12.1. The van der Waals surface area contributed by atoms with Gasteiger partial charge in [0.05, 0.1) is 10.4 Å². The van der Waals surface area contributed by atoms with E-state index in [1.807, 2.05) is 19.9 Å². The number of hydrogen-bond acceptors (Lipinski definition) is 3. The summed E-state index contributed by atoms with van der Waals surface area (Å²) >= 11 is 4.94. The van der Waals surface area contributed by atoms with Gasteiger partial charge in [0.1, 0.15) is 5.82 Å². The number of thiocarbonyl (C=S) groups is 1. The molecule has 4 nitrogen and oxygen atoms in total. The molecule has 0 aliphatic rings. The summed E-state index contributed by atoms with van der Waals surface area (Å²) in [4.78, 5) is 16.4. The van der Waals surface area contributed by atoms with E-state index < -0.39 is 5.41 Å². The van der Waals surface area contributed by atoms with E-state index >= 15 is 0 Å². The van der Waals surface area contributed by atoms with Crippen LogP contribution < -0.4 is 11.1 Å². The van der Waals surface area contributed by atoms with Crippen molar-refractivity contribution in [2.45, 2.75) is 27.2 Å². The fourth-order valence-corrected chi connectivity index (χ4v) is 1.48. The van der Waals surface area contributed by atoms with Crippen molar-refractivity contribution in [1.82, 2.24) is 4.98 Å². The van der Waals surface area contributed by atoms with E-state index in [1.54, 1.807) is 19.2 Å². The van der Waals surface area contributed by atoms with Crippen molar-refractivity contribution < 1.29 is 4.79 Å². The first-order valence-electron chi connectivity index (χ1n) is 5.44. The molecule has 0 spiro atoms. The number of nitrogens with one attached hydrogen (secondary N) is 1. The van der Waals surface area contributed by atoms with E-state index in [-0.39, 0.29) is 10.9 Å². The number of aryl methyl sites for hydroxylation is 1. The summed E-state index contributed by atoms with van der Waals surface area (Å²) in [5.74, 6) is 0.292. The average molecular weight is 251 g/mol. The van der Waals surface area contributed by atoms with Crippen molar-refractivity contribution in [2.75, 3.05) is 5.32 Å². The molecule has 0 aromatic carbocycles. The molecule has 5 heteroatoms. The minimum absolute atomic E-state index is 0.199. The van der Waals surface area contributed by atoms with Gasteiger partial charge in [0, 0.05) is 6.20 Å². The summed E-state index contributed by atoms with van der Waals surface area (Å²) in [7, 11) is 0. The van der Waals surface area contributed by atoms with Gasteiger partial charge in [0.2, 0.25) is 5.91 Å². The molecule has 0 saturated carbocycles. The Hall–Kier alpha value is -1.49. The Labute approximate surface area is 107 Å². The third-order valence-electron chi connectivity index (χ3n) is 2.91. The maximum absolute atomic E-state index is 12.1. The van der Waals surface area contributed by atoms with Gasteiger partial charge in [-0.1, -0.05) is 25.2 Å². The lowest BCUT2D eigenvalue weighted by Crippen LogP contribution is -2.43. The molecule has 0 aliphatic carbocycles. The van der Waals surface area contributed by atoms with Crippen molar-refractivity contribution in [3.8, 4) is 0 Å². The van der Waals surface area contributed by atoms with Crippen LogP contribution in [0, 0.1) is 12.3 Å². The summed E-state index contributed by atoms with van der Waals surface area (Å²) < 4.78 is 0. The summed E-state index contributed by atoms with van der Waals surface area (Å²) in [6.45, 7) is 5.55. The molecule has 17 heavy (non-hydrogen) atoms. The van der Waals surface area contributed by atoms with Crippen molar-refractivity contribution >= 4 is 28.9 Å². The quantitative estimate of drug-likeness (QED) is 0.803. The predicted molar refractivity (Wildman–Crippen MR) is 72.8 cm³/mol. The minimum atomic E-state index is -0.831. The van der Waals surface area contributed by atoms with Gasteiger partial charge in [-0.15, -0.1) is 0 Å². The normalized spacial score (nSPS) is 13.8. The SMILES string of the molecule is CCC(C)(C(=O)Nc1ccc(C)cn1)C(N)=S. The summed E-state index contributed by atoms with van der Waals surface area (Å²) in [6.07, 6.45) is 2.25. The predicted octanol–water partition coefficient (Wildman–Crippen LogP) is 2.03. The van der Waals surface area contributed by atoms with Gasteiger partial charge in [-0.3, -0.25) is 4.79 Å². The summed E-state index contributed by atoms with van der Waals surface area (Å²) in [5, 5.41) is 2.72. The Morgan fingerprint density at radius 2 is 2.24 bits per heavy atom. The molecule has 1 unspecified atom stereocenters. The van der Waals surface area contributed by atoms with Crippen molar-refractivity contribution in [3.05, 3.63) is 23.9 Å². The van der Waals surface area contributed by atoms with Crippen LogP contribution in [0.3, 0.4) is 0 Å². The highest BCUT2D eigenvalue weighted by molar-refractivity contribution is 7.80. The Morgan fingerprint density at radius 1 is 1.59 bits per heavy atom. The standard InChI is InChI=1S/C12H17N3OS/c1-4-12(3,10(13)17)11(16)15-9-6-5-8(2)7-14-9/h5-7H,4H2,1-3H3,(H2,13,17)(H,14,15,16). The second-order valence-corrected chi connectivity index (χ2v) is 4.66. The molecule has 1 aromatic heterocycles. The zero-order chi connectivity index (χ0) is 13.1. The largest absolute Gasteiger partial charge is 0.392 e. The fraction of sp³-hybridized carbons (Fsp3) is 0.417. The van der Waals surface area contributed by atoms with E-state index in [0.717, 1.165) is 5.56 Å². The molecule has 1 heterocycles. The molecule has 1 aromatic rings. The third-order valence-corrected chi connectivity index (χ3v) is 3.36. The Bertz CT molecular complexity index is 430. The topological polar surface area (TPSA) is 68.0 Å². The number of aromatic nitrogens is 1. The highest BCUT2D eigenvalue weighted by atomic mass is 32.1. The number of pyridine rings is 1. The van der Waals surface area contributed by atoms with E-state index in [9.17, 15) is 4.79 Å². The van der Waals surface area contributed by atoms with Crippen LogP contribution in [-0.2, 0) is 4.79 Å². The lowest BCUT2D eigenvalue weighted by molar-refractivity contribution is -0.121. The van der Waals surface area contributed by atoms with E-state index in [4.69, 9.17) is 18.0 Å². The van der Waals surface area contributed by atoms with E-state index in [0.29, 0.717) is 12.2 Å². The van der Waals surface area contributed by atoms with Gasteiger partial charge < -0.3 is 11.1 Å². The van der Waals surface area contributed by atoms with Crippen LogP contribution in [0.4, 0.5) is 5.82 Å². The Kier molecular flexibility index (Phi) is 4.17. The maximum Gasteiger partial charge on any atom is 0.238 e. The number of anilines is 1. The van der Waals surface area contributed by atoms with E-state index in [1.165, 1.54) is 0 Å². The van der Waals surface area contributed by atoms with Crippen LogP contribution in [0.5, 0.6) is 0 Å². The molecule has 1 amide bonds. The molecular weight excluding hydrogens is 234 g/mol. The second-order valence-electron chi connectivity index (χ2n) is 4.22. The number of rotatable bonds is 4. The van der Waals surface area contributed by atoms with Crippen LogP contribution in [0.25, 0.3) is 0 Å². The number of carbonyl (C=O) groups is 1. The van der Waals surface area contributed by atoms with Gasteiger partial charge in [0.15, 0.2) is 0 Å². The van der Waals surface area contributed by atoms with Gasteiger partial charge in [0.25, 0.3) is 0 Å². The number of carbonyl (C=O) groups excluding carboxylic acids is 1. The average Bonchev–Trinajstić information content (AvgIpc) is 2.30. The number of nitrogens with zero attached hydrogens (tertiary/aromatic N) is 1. The molecule has 92 valence electrons. The first-order chi connectivity index (χ1) is 7.90.